The third-order valence-electron chi connectivity index (χ3n) is 5.09. The third kappa shape index (κ3) is 4.44. The molecule has 1 unspecified atom stereocenters. The van der Waals surface area contributed by atoms with E-state index in [0.29, 0.717) is 6.42 Å². The Bertz CT molecular complexity index is 571. The minimum absolute atomic E-state index is 0.209. The summed E-state index contributed by atoms with van der Waals surface area (Å²) in [5.41, 5.74) is 7.50. The number of carbonyl (C=O) groups is 1. The van der Waals surface area contributed by atoms with Gasteiger partial charge in [-0.2, -0.15) is 0 Å². The van der Waals surface area contributed by atoms with E-state index in [0.717, 1.165) is 49.9 Å². The number of anilines is 1. The zero-order valence-electron chi connectivity index (χ0n) is 14.7. The molecule has 1 atom stereocenters. The van der Waals surface area contributed by atoms with E-state index < -0.39 is 0 Å². The van der Waals surface area contributed by atoms with E-state index in [2.05, 4.69) is 20.9 Å². The Morgan fingerprint density at radius 2 is 1.92 bits per heavy atom. The quantitative estimate of drug-likeness (QED) is 0.893. The molecule has 0 bridgehead atoms. The van der Waals surface area contributed by atoms with Crippen molar-refractivity contribution in [3.8, 4) is 0 Å². The van der Waals surface area contributed by atoms with Crippen LogP contribution in [0.5, 0.6) is 0 Å². The Balaban J connectivity index is 1.73. The van der Waals surface area contributed by atoms with Gasteiger partial charge in [0.05, 0.1) is 5.69 Å². The molecule has 1 amide bonds. The van der Waals surface area contributed by atoms with Crippen LogP contribution in [0, 0.1) is 6.92 Å². The van der Waals surface area contributed by atoms with Crippen LogP contribution < -0.4 is 10.6 Å². The zero-order valence-corrected chi connectivity index (χ0v) is 14.7. The summed E-state index contributed by atoms with van der Waals surface area (Å²) in [7, 11) is 0. The Hall–Kier alpha value is -1.69. The number of nitrogens with zero attached hydrogens (tertiary/aromatic N) is 4. The number of aromatic nitrogens is 2. The predicted molar refractivity (Wildman–Crippen MR) is 94.7 cm³/mol. The van der Waals surface area contributed by atoms with Gasteiger partial charge in [-0.15, -0.1) is 0 Å². The molecular weight excluding hydrogens is 302 g/mol. The van der Waals surface area contributed by atoms with Crippen LogP contribution in [0.1, 0.15) is 56.3 Å². The van der Waals surface area contributed by atoms with Gasteiger partial charge in [0.15, 0.2) is 0 Å². The van der Waals surface area contributed by atoms with Crippen molar-refractivity contribution in [2.45, 2.75) is 64.5 Å². The topological polar surface area (TPSA) is 75.3 Å². The number of hydrogen-bond acceptors (Lipinski definition) is 5. The fourth-order valence-corrected chi connectivity index (χ4v) is 3.87. The van der Waals surface area contributed by atoms with Gasteiger partial charge in [-0.05, 0) is 51.6 Å². The Morgan fingerprint density at radius 1 is 1.17 bits per heavy atom. The molecule has 1 aromatic rings. The first kappa shape index (κ1) is 17.1. The molecule has 2 N–H and O–H groups in total. The van der Waals surface area contributed by atoms with Gasteiger partial charge >= 0.3 is 0 Å². The average Bonchev–Trinajstić information content (AvgIpc) is 2.56. The lowest BCUT2D eigenvalue weighted by molar-refractivity contribution is -0.119. The molecule has 132 valence electrons. The van der Waals surface area contributed by atoms with Crippen molar-refractivity contribution >= 4 is 11.9 Å². The largest absolute Gasteiger partial charge is 0.370 e. The van der Waals surface area contributed by atoms with Crippen LogP contribution in [0.25, 0.3) is 0 Å². The summed E-state index contributed by atoms with van der Waals surface area (Å²) in [6.07, 6.45) is 7.60. The molecule has 1 aromatic heterocycles. The first-order valence-electron chi connectivity index (χ1n) is 9.23. The van der Waals surface area contributed by atoms with Gasteiger partial charge < -0.3 is 10.6 Å². The van der Waals surface area contributed by atoms with Gasteiger partial charge in [-0.1, -0.05) is 6.42 Å². The first-order valence-corrected chi connectivity index (χ1v) is 9.23. The predicted octanol–water partition coefficient (Wildman–Crippen LogP) is 2.01. The second-order valence-electron chi connectivity index (χ2n) is 7.14. The van der Waals surface area contributed by atoms with Crippen LogP contribution >= 0.6 is 0 Å². The standard InChI is InChI=1S/C18H29N5O/c1-14-11-15(21-18(20-14)22-8-4-2-5-9-22)13-23-10-6-3-7-16(23)12-17(19)24/h11,16H,2-10,12-13H2,1H3,(H2,19,24). The van der Waals surface area contributed by atoms with E-state index in [1.54, 1.807) is 0 Å². The van der Waals surface area contributed by atoms with Crippen molar-refractivity contribution < 1.29 is 4.79 Å². The van der Waals surface area contributed by atoms with Crippen molar-refractivity contribution in [2.24, 2.45) is 5.73 Å². The minimum Gasteiger partial charge on any atom is -0.370 e. The average molecular weight is 331 g/mol. The molecule has 2 aliphatic rings. The summed E-state index contributed by atoms with van der Waals surface area (Å²) in [4.78, 5) is 25.5. The van der Waals surface area contributed by atoms with Gasteiger partial charge in [-0.3, -0.25) is 9.69 Å². The maximum atomic E-state index is 11.3. The number of amides is 1. The number of primary amides is 1. The van der Waals surface area contributed by atoms with Gasteiger partial charge in [-0.25, -0.2) is 9.97 Å². The Morgan fingerprint density at radius 3 is 2.67 bits per heavy atom. The fraction of sp³-hybridized carbons (Fsp3) is 0.722. The van der Waals surface area contributed by atoms with Gasteiger partial charge in [0.25, 0.3) is 0 Å². The second kappa shape index (κ2) is 7.92. The SMILES string of the molecule is Cc1cc(CN2CCCCC2CC(N)=O)nc(N2CCCCC2)n1. The van der Waals surface area contributed by atoms with Crippen LogP contribution in [0.4, 0.5) is 5.95 Å². The van der Waals surface area contributed by atoms with E-state index >= 15 is 0 Å². The molecule has 24 heavy (non-hydrogen) atoms. The number of carbonyl (C=O) groups excluding carboxylic acids is 1. The maximum absolute atomic E-state index is 11.3. The molecule has 3 heterocycles. The molecule has 0 saturated carbocycles. The summed E-state index contributed by atoms with van der Waals surface area (Å²) in [5, 5.41) is 0. The molecule has 0 aromatic carbocycles. The van der Waals surface area contributed by atoms with Crippen molar-refractivity contribution in [1.82, 2.24) is 14.9 Å². The van der Waals surface area contributed by atoms with E-state index in [9.17, 15) is 4.79 Å². The highest BCUT2D eigenvalue weighted by atomic mass is 16.1. The van der Waals surface area contributed by atoms with Crippen molar-refractivity contribution in [2.75, 3.05) is 24.5 Å². The van der Waals surface area contributed by atoms with Crippen LogP contribution in [0.15, 0.2) is 6.07 Å². The molecule has 3 rings (SSSR count). The van der Waals surface area contributed by atoms with Crippen LogP contribution in [0.3, 0.4) is 0 Å². The van der Waals surface area contributed by atoms with Crippen molar-refractivity contribution in [3.05, 3.63) is 17.5 Å². The van der Waals surface area contributed by atoms with E-state index in [-0.39, 0.29) is 11.9 Å². The van der Waals surface area contributed by atoms with Crippen LogP contribution in [-0.4, -0.2) is 46.5 Å². The highest BCUT2D eigenvalue weighted by molar-refractivity contribution is 5.74. The molecule has 2 aliphatic heterocycles. The van der Waals surface area contributed by atoms with E-state index in [4.69, 9.17) is 10.7 Å². The maximum Gasteiger partial charge on any atom is 0.225 e. The molecule has 2 saturated heterocycles. The van der Waals surface area contributed by atoms with Crippen molar-refractivity contribution in [1.29, 1.82) is 0 Å². The molecule has 6 heteroatoms. The molecule has 2 fully saturated rings. The smallest absolute Gasteiger partial charge is 0.225 e. The first-order chi connectivity index (χ1) is 11.6. The van der Waals surface area contributed by atoms with Gasteiger partial charge in [0.2, 0.25) is 11.9 Å². The van der Waals surface area contributed by atoms with Crippen LogP contribution in [-0.2, 0) is 11.3 Å². The lowest BCUT2D eigenvalue weighted by Gasteiger charge is -2.35. The van der Waals surface area contributed by atoms with E-state index in [1.807, 2.05) is 6.92 Å². The summed E-state index contributed by atoms with van der Waals surface area (Å²) in [6.45, 7) is 5.94. The molecule has 0 radical (unpaired) electrons. The number of piperidine rings is 2. The molecule has 0 aliphatic carbocycles. The third-order valence-corrected chi connectivity index (χ3v) is 5.09. The van der Waals surface area contributed by atoms with E-state index in [1.165, 1.54) is 32.1 Å². The minimum atomic E-state index is -0.209. The lowest BCUT2D eigenvalue weighted by Crippen LogP contribution is -2.41. The summed E-state index contributed by atoms with van der Waals surface area (Å²) in [5.74, 6) is 0.660. The van der Waals surface area contributed by atoms with Crippen molar-refractivity contribution in [3.63, 3.8) is 0 Å². The lowest BCUT2D eigenvalue weighted by atomic mass is 9.99. The summed E-state index contributed by atoms with van der Waals surface area (Å²) in [6, 6.07) is 2.33. The Kier molecular flexibility index (Phi) is 5.66. The number of hydrogen-bond donors (Lipinski definition) is 1. The summed E-state index contributed by atoms with van der Waals surface area (Å²) >= 11 is 0. The Labute approximate surface area is 144 Å². The second-order valence-corrected chi connectivity index (χ2v) is 7.14. The molecule has 6 nitrogen and oxygen atoms in total. The highest BCUT2D eigenvalue weighted by Gasteiger charge is 2.25. The monoisotopic (exact) mass is 331 g/mol. The summed E-state index contributed by atoms with van der Waals surface area (Å²) < 4.78 is 0. The molecule has 0 spiro atoms. The number of rotatable bonds is 5. The number of nitrogens with two attached hydrogens (primary N) is 1. The number of aryl methyl sites for hydroxylation is 1. The van der Waals surface area contributed by atoms with Gasteiger partial charge in [0.1, 0.15) is 0 Å². The highest BCUT2D eigenvalue weighted by Crippen LogP contribution is 2.23. The fourth-order valence-electron chi connectivity index (χ4n) is 3.87. The normalized spacial score (nSPS) is 22.5. The van der Waals surface area contributed by atoms with Crippen LogP contribution in [0.2, 0.25) is 0 Å². The zero-order chi connectivity index (χ0) is 16.9. The number of likely N-dealkylation sites (tertiary alicyclic amines) is 1. The van der Waals surface area contributed by atoms with Gasteiger partial charge in [0, 0.05) is 37.8 Å². The molecular formula is C18H29N5O.